The van der Waals surface area contributed by atoms with Crippen molar-refractivity contribution in [2.45, 2.75) is 25.7 Å². The number of hydrazone groups is 1. The molecule has 1 N–H and O–H groups in total. The molecule has 0 spiro atoms. The van der Waals surface area contributed by atoms with E-state index in [1.165, 1.54) is 0 Å². The quantitative estimate of drug-likeness (QED) is 0.694. The van der Waals surface area contributed by atoms with E-state index in [1.54, 1.807) is 11.1 Å². The molecule has 1 saturated heterocycles. The normalized spacial score (nSPS) is 15.7. The van der Waals surface area contributed by atoms with Crippen molar-refractivity contribution in [3.05, 3.63) is 48.0 Å². The molecule has 3 rings (SSSR count). The highest BCUT2D eigenvalue weighted by Crippen LogP contribution is 2.16. The third-order valence-electron chi connectivity index (χ3n) is 4.22. The van der Waals surface area contributed by atoms with Gasteiger partial charge in [-0.05, 0) is 23.6 Å². The molecular formula is C19H21N3O2. The van der Waals surface area contributed by atoms with Gasteiger partial charge in [-0.25, -0.2) is 5.43 Å². The van der Waals surface area contributed by atoms with Gasteiger partial charge in [0.15, 0.2) is 0 Å². The van der Waals surface area contributed by atoms with Crippen LogP contribution in [0.2, 0.25) is 0 Å². The summed E-state index contributed by atoms with van der Waals surface area (Å²) in [5.41, 5.74) is 3.46. The number of amides is 2. The van der Waals surface area contributed by atoms with Gasteiger partial charge in [0.2, 0.25) is 5.91 Å². The number of carbonyl (C=O) groups excluding carboxylic acids is 2. The number of carbonyl (C=O) groups is 2. The van der Waals surface area contributed by atoms with E-state index in [0.29, 0.717) is 13.0 Å². The molecule has 1 aliphatic rings. The van der Waals surface area contributed by atoms with Crippen LogP contribution in [-0.4, -0.2) is 36.0 Å². The highest BCUT2D eigenvalue weighted by Gasteiger charge is 2.18. The number of rotatable bonds is 4. The number of nitrogens with one attached hydrogen (secondary N) is 1. The van der Waals surface area contributed by atoms with Crippen LogP contribution in [0.1, 0.15) is 31.2 Å². The molecule has 5 heteroatoms. The Bertz CT molecular complexity index is 765. The summed E-state index contributed by atoms with van der Waals surface area (Å²) in [6.07, 6.45) is 5.09. The van der Waals surface area contributed by atoms with Crippen molar-refractivity contribution in [2.24, 2.45) is 5.10 Å². The second kappa shape index (κ2) is 7.73. The van der Waals surface area contributed by atoms with Crippen molar-refractivity contribution in [2.75, 3.05) is 13.1 Å². The van der Waals surface area contributed by atoms with Crippen LogP contribution in [0.3, 0.4) is 0 Å². The summed E-state index contributed by atoms with van der Waals surface area (Å²) in [5.74, 6) is -0.206. The molecule has 0 atom stereocenters. The first-order chi connectivity index (χ1) is 11.7. The molecule has 24 heavy (non-hydrogen) atoms. The second-order valence-electron chi connectivity index (χ2n) is 5.99. The summed E-state index contributed by atoms with van der Waals surface area (Å²) < 4.78 is 0. The molecule has 2 aromatic carbocycles. The van der Waals surface area contributed by atoms with Crippen LogP contribution in [0.5, 0.6) is 0 Å². The maximum absolute atomic E-state index is 12.0. The van der Waals surface area contributed by atoms with Crippen LogP contribution in [0.25, 0.3) is 10.8 Å². The van der Waals surface area contributed by atoms with Crippen molar-refractivity contribution in [3.63, 3.8) is 0 Å². The molecule has 0 aliphatic carbocycles. The monoisotopic (exact) mass is 323 g/mol. The molecule has 0 radical (unpaired) electrons. The summed E-state index contributed by atoms with van der Waals surface area (Å²) in [6, 6.07) is 14.0. The van der Waals surface area contributed by atoms with Crippen molar-refractivity contribution in [1.82, 2.24) is 10.3 Å². The lowest BCUT2D eigenvalue weighted by atomic mass is 10.1. The summed E-state index contributed by atoms with van der Waals surface area (Å²) in [4.78, 5) is 25.5. The van der Waals surface area contributed by atoms with Gasteiger partial charge in [0.1, 0.15) is 6.54 Å². The van der Waals surface area contributed by atoms with Crippen molar-refractivity contribution in [3.8, 4) is 0 Å². The maximum Gasteiger partial charge on any atom is 0.259 e. The second-order valence-corrected chi connectivity index (χ2v) is 5.99. The largest absolute Gasteiger partial charge is 0.333 e. The van der Waals surface area contributed by atoms with E-state index >= 15 is 0 Å². The van der Waals surface area contributed by atoms with Gasteiger partial charge in [-0.2, -0.15) is 5.10 Å². The van der Waals surface area contributed by atoms with Gasteiger partial charge in [0.05, 0.1) is 6.21 Å². The zero-order valence-corrected chi connectivity index (χ0v) is 13.6. The minimum absolute atomic E-state index is 0.0562. The summed E-state index contributed by atoms with van der Waals surface area (Å²) in [5, 5.41) is 6.25. The predicted molar refractivity (Wildman–Crippen MR) is 94.7 cm³/mol. The van der Waals surface area contributed by atoms with Crippen LogP contribution in [0, 0.1) is 0 Å². The lowest BCUT2D eigenvalue weighted by molar-refractivity contribution is -0.135. The average Bonchev–Trinajstić information content (AvgIpc) is 2.80. The Labute approximate surface area is 141 Å². The number of nitrogens with zero attached hydrogens (tertiary/aromatic N) is 2. The van der Waals surface area contributed by atoms with E-state index in [9.17, 15) is 9.59 Å². The predicted octanol–water partition coefficient (Wildman–Crippen LogP) is 2.69. The van der Waals surface area contributed by atoms with Crippen LogP contribution < -0.4 is 5.43 Å². The zero-order chi connectivity index (χ0) is 16.8. The summed E-state index contributed by atoms with van der Waals surface area (Å²) in [7, 11) is 0. The van der Waals surface area contributed by atoms with Gasteiger partial charge in [-0.3, -0.25) is 9.59 Å². The number of fused-ring (bicyclic) bond motifs is 1. The lowest BCUT2D eigenvalue weighted by Gasteiger charge is -2.18. The number of hydrogen-bond donors (Lipinski definition) is 1. The molecule has 0 aromatic heterocycles. The molecule has 0 saturated carbocycles. The van der Waals surface area contributed by atoms with Crippen LogP contribution in [0.15, 0.2) is 47.6 Å². The molecule has 2 aromatic rings. The fourth-order valence-electron chi connectivity index (χ4n) is 2.95. The molecule has 2 amide bonds. The minimum atomic E-state index is -0.262. The number of likely N-dealkylation sites (tertiary alicyclic amines) is 1. The first kappa shape index (κ1) is 16.2. The zero-order valence-electron chi connectivity index (χ0n) is 13.6. The Morgan fingerprint density at radius 3 is 2.88 bits per heavy atom. The molecule has 0 bridgehead atoms. The van der Waals surface area contributed by atoms with E-state index < -0.39 is 0 Å². The van der Waals surface area contributed by atoms with Gasteiger partial charge in [-0.15, -0.1) is 0 Å². The Hall–Kier alpha value is -2.69. The van der Waals surface area contributed by atoms with Crippen LogP contribution in [-0.2, 0) is 9.59 Å². The molecular weight excluding hydrogens is 302 g/mol. The van der Waals surface area contributed by atoms with E-state index in [4.69, 9.17) is 0 Å². The fourth-order valence-corrected chi connectivity index (χ4v) is 2.95. The average molecular weight is 323 g/mol. The first-order valence-electron chi connectivity index (χ1n) is 8.31. The van der Waals surface area contributed by atoms with Crippen molar-refractivity contribution in [1.29, 1.82) is 0 Å². The Kier molecular flexibility index (Phi) is 5.21. The van der Waals surface area contributed by atoms with Gasteiger partial charge in [-0.1, -0.05) is 48.9 Å². The molecule has 5 nitrogen and oxygen atoms in total. The standard InChI is InChI=1S/C19H21N3O2/c23-18(14-22-12-5-1-2-11-19(22)24)21-20-13-16-9-6-8-15-7-3-4-10-17(15)16/h3-4,6-10,13H,1-2,5,11-12,14H2,(H,21,23)/b20-13-. The Morgan fingerprint density at radius 1 is 1.12 bits per heavy atom. The Balaban J connectivity index is 1.61. The fraction of sp³-hybridized carbons (Fsp3) is 0.316. The lowest BCUT2D eigenvalue weighted by Crippen LogP contribution is -2.39. The van der Waals surface area contributed by atoms with E-state index in [0.717, 1.165) is 35.6 Å². The smallest absolute Gasteiger partial charge is 0.259 e. The third-order valence-corrected chi connectivity index (χ3v) is 4.22. The van der Waals surface area contributed by atoms with Crippen LogP contribution in [0.4, 0.5) is 0 Å². The third kappa shape index (κ3) is 3.98. The summed E-state index contributed by atoms with van der Waals surface area (Å²) >= 11 is 0. The van der Waals surface area contributed by atoms with Gasteiger partial charge < -0.3 is 4.90 Å². The SMILES string of the molecule is O=C(CN1CCCCCC1=O)N/N=C\c1cccc2ccccc12. The van der Waals surface area contributed by atoms with E-state index in [1.807, 2.05) is 42.5 Å². The minimum Gasteiger partial charge on any atom is -0.333 e. The summed E-state index contributed by atoms with van der Waals surface area (Å²) in [6.45, 7) is 0.727. The van der Waals surface area contributed by atoms with Gasteiger partial charge in [0, 0.05) is 18.5 Å². The molecule has 1 heterocycles. The molecule has 0 unspecified atom stereocenters. The van der Waals surface area contributed by atoms with E-state index in [-0.39, 0.29) is 18.4 Å². The van der Waals surface area contributed by atoms with Gasteiger partial charge in [0.25, 0.3) is 5.91 Å². The highest BCUT2D eigenvalue weighted by molar-refractivity contribution is 6.00. The molecule has 1 aliphatic heterocycles. The van der Waals surface area contributed by atoms with Crippen molar-refractivity contribution >= 4 is 28.8 Å². The van der Waals surface area contributed by atoms with Gasteiger partial charge >= 0.3 is 0 Å². The molecule has 124 valence electrons. The number of hydrogen-bond acceptors (Lipinski definition) is 3. The maximum atomic E-state index is 12.0. The first-order valence-corrected chi connectivity index (χ1v) is 8.31. The van der Waals surface area contributed by atoms with Crippen molar-refractivity contribution < 1.29 is 9.59 Å². The highest BCUT2D eigenvalue weighted by atomic mass is 16.2. The number of benzene rings is 2. The van der Waals surface area contributed by atoms with Crippen LogP contribution >= 0.6 is 0 Å². The van der Waals surface area contributed by atoms with E-state index in [2.05, 4.69) is 10.5 Å². The topological polar surface area (TPSA) is 61.8 Å². The Morgan fingerprint density at radius 2 is 1.96 bits per heavy atom. The molecule has 1 fully saturated rings.